The number of amidine groups is 1. The maximum atomic E-state index is 12.9. The van der Waals surface area contributed by atoms with Gasteiger partial charge in [0.05, 0.1) is 0 Å². The van der Waals surface area contributed by atoms with Gasteiger partial charge in [0.25, 0.3) is 5.60 Å². The van der Waals surface area contributed by atoms with Crippen LogP contribution >= 0.6 is 11.8 Å². The molecule has 24 heavy (non-hydrogen) atoms. The molecule has 0 aliphatic carbocycles. The minimum Gasteiger partial charge on any atom is -0.388 e. The number of halogens is 6. The van der Waals surface area contributed by atoms with Crippen molar-refractivity contribution in [2.75, 3.05) is 14.1 Å². The molecule has 0 saturated carbocycles. The van der Waals surface area contributed by atoms with Crippen LogP contribution in [0.1, 0.15) is 0 Å². The van der Waals surface area contributed by atoms with E-state index >= 15 is 0 Å². The molecule has 1 fully saturated rings. The summed E-state index contributed by atoms with van der Waals surface area (Å²) >= 11 is 0.686. The molecule has 0 spiro atoms. The van der Waals surface area contributed by atoms with Crippen LogP contribution in [0.5, 0.6) is 0 Å². The van der Waals surface area contributed by atoms with E-state index in [9.17, 15) is 41.7 Å². The lowest BCUT2D eigenvalue weighted by Crippen LogP contribution is -2.72. The van der Waals surface area contributed by atoms with Gasteiger partial charge in [0.1, 0.15) is 29.8 Å². The van der Waals surface area contributed by atoms with Crippen molar-refractivity contribution in [3.8, 4) is 0 Å². The molecule has 3 N–H and O–H groups in total. The van der Waals surface area contributed by atoms with E-state index < -0.39 is 47.7 Å². The van der Waals surface area contributed by atoms with E-state index in [1.807, 2.05) is 0 Å². The predicted octanol–water partition coefficient (Wildman–Crippen LogP) is 0.322. The second-order valence-electron chi connectivity index (χ2n) is 5.58. The number of aliphatic hydroxyl groups excluding tert-OH is 2. The second kappa shape index (κ2) is 5.90. The maximum absolute atomic E-state index is 12.9. The molecular formula is C11H14F6N2O4S. The Balaban J connectivity index is 2.40. The molecule has 5 atom stereocenters. The average Bonchev–Trinajstić information content (AvgIpc) is 2.84. The summed E-state index contributed by atoms with van der Waals surface area (Å²) in [5, 5.41) is 29.2. The standard InChI is InChI=1S/C11H14F6N2O4S/c1-19(2)8-18-3-4(20)5(21)6(23-7(3)24-8)9(22,10(12,13)14)11(15,16)17/h3-7,20-22H,1-2H3/t3-,4-,5+,6+,7-/m1/s1. The van der Waals surface area contributed by atoms with Crippen LogP contribution < -0.4 is 0 Å². The molecule has 2 aliphatic rings. The molecule has 140 valence electrons. The monoisotopic (exact) mass is 384 g/mol. The van der Waals surface area contributed by atoms with E-state index in [2.05, 4.69) is 4.99 Å². The van der Waals surface area contributed by atoms with E-state index in [1.54, 1.807) is 0 Å². The topological polar surface area (TPSA) is 85.5 Å². The van der Waals surface area contributed by atoms with Crippen LogP contribution in [0.2, 0.25) is 0 Å². The number of fused-ring (bicyclic) bond motifs is 1. The summed E-state index contributed by atoms with van der Waals surface area (Å²) in [6.45, 7) is 0. The molecule has 2 aliphatic heterocycles. The van der Waals surface area contributed by atoms with Gasteiger partial charge in [-0.2, -0.15) is 26.3 Å². The van der Waals surface area contributed by atoms with E-state index in [0.717, 1.165) is 0 Å². The Hall–Kier alpha value is -0.760. The first-order valence-electron chi connectivity index (χ1n) is 6.51. The highest BCUT2D eigenvalue weighted by Crippen LogP contribution is 2.50. The van der Waals surface area contributed by atoms with Gasteiger partial charge >= 0.3 is 12.4 Å². The number of alkyl halides is 6. The smallest absolute Gasteiger partial charge is 0.388 e. The van der Waals surface area contributed by atoms with Crippen molar-refractivity contribution in [1.82, 2.24) is 4.90 Å². The van der Waals surface area contributed by atoms with E-state index in [4.69, 9.17) is 4.74 Å². The van der Waals surface area contributed by atoms with Gasteiger partial charge in [-0.3, -0.25) is 4.99 Å². The van der Waals surface area contributed by atoms with Crippen LogP contribution in [-0.2, 0) is 4.74 Å². The summed E-state index contributed by atoms with van der Waals surface area (Å²) in [4.78, 5) is 5.33. The molecule has 0 amide bonds. The van der Waals surface area contributed by atoms with Crippen molar-refractivity contribution in [2.45, 2.75) is 47.7 Å². The van der Waals surface area contributed by atoms with Gasteiger partial charge in [0, 0.05) is 14.1 Å². The molecule has 0 unspecified atom stereocenters. The molecule has 2 heterocycles. The zero-order valence-corrected chi connectivity index (χ0v) is 13.0. The molecule has 13 heteroatoms. The van der Waals surface area contributed by atoms with Crippen LogP contribution in [0.25, 0.3) is 0 Å². The fourth-order valence-corrected chi connectivity index (χ4v) is 3.53. The SMILES string of the molecule is CN(C)C1=N[C@@H]2[C@@H](O)[C@H](O)[C@@H](C(O)(C(F)(F)F)C(F)(F)F)O[C@@H]2S1. The Morgan fingerprint density at radius 3 is 1.96 bits per heavy atom. The largest absolute Gasteiger partial charge is 0.429 e. The Labute approximate surface area is 136 Å². The summed E-state index contributed by atoms with van der Waals surface area (Å²) < 4.78 is 82.4. The number of nitrogens with zero attached hydrogens (tertiary/aromatic N) is 2. The molecule has 0 bridgehead atoms. The molecule has 0 aromatic rings. The number of hydrogen-bond acceptors (Lipinski definition) is 7. The molecular weight excluding hydrogens is 370 g/mol. The van der Waals surface area contributed by atoms with Crippen LogP contribution in [0.15, 0.2) is 4.99 Å². The zero-order valence-electron chi connectivity index (χ0n) is 12.2. The quantitative estimate of drug-likeness (QED) is 0.565. The van der Waals surface area contributed by atoms with Crippen LogP contribution in [0.3, 0.4) is 0 Å². The van der Waals surface area contributed by atoms with Gasteiger partial charge < -0.3 is 25.0 Å². The third-order valence-corrected chi connectivity index (χ3v) is 5.01. The minimum absolute atomic E-state index is 0.194. The van der Waals surface area contributed by atoms with Crippen molar-refractivity contribution >= 4 is 16.9 Å². The normalized spacial score (nSPS) is 34.8. The molecule has 2 rings (SSSR count). The number of ether oxygens (including phenoxy) is 1. The zero-order chi connectivity index (χ0) is 18.7. The highest BCUT2D eigenvalue weighted by atomic mass is 32.2. The summed E-state index contributed by atoms with van der Waals surface area (Å²) in [6, 6.07) is -1.26. The fourth-order valence-electron chi connectivity index (χ4n) is 2.39. The number of aliphatic imine (C=N–C) groups is 1. The van der Waals surface area contributed by atoms with Gasteiger partial charge in [-0.05, 0) is 0 Å². The molecule has 0 radical (unpaired) electrons. The summed E-state index contributed by atoms with van der Waals surface area (Å²) in [5.74, 6) is 0. The highest BCUT2D eigenvalue weighted by molar-refractivity contribution is 8.14. The first kappa shape index (κ1) is 19.6. The second-order valence-corrected chi connectivity index (χ2v) is 6.65. The summed E-state index contributed by atoms with van der Waals surface area (Å²) in [7, 11) is 3.04. The molecule has 1 saturated heterocycles. The Kier molecular flexibility index (Phi) is 4.81. The fraction of sp³-hybridized carbons (Fsp3) is 0.909. The van der Waals surface area contributed by atoms with E-state index in [1.165, 1.54) is 19.0 Å². The number of hydrogen-bond donors (Lipinski definition) is 3. The van der Waals surface area contributed by atoms with Crippen molar-refractivity contribution in [3.05, 3.63) is 0 Å². The number of aliphatic hydroxyl groups is 3. The van der Waals surface area contributed by atoms with Gasteiger partial charge in [0.2, 0.25) is 0 Å². The molecule has 6 nitrogen and oxygen atoms in total. The van der Waals surface area contributed by atoms with Crippen molar-refractivity contribution in [1.29, 1.82) is 0 Å². The number of rotatable bonds is 1. The Morgan fingerprint density at radius 1 is 1.04 bits per heavy atom. The van der Waals surface area contributed by atoms with Crippen molar-refractivity contribution in [2.24, 2.45) is 4.99 Å². The van der Waals surface area contributed by atoms with Crippen LogP contribution in [0.4, 0.5) is 26.3 Å². The average molecular weight is 384 g/mol. The van der Waals surface area contributed by atoms with E-state index in [-0.39, 0.29) is 5.17 Å². The molecule has 0 aromatic carbocycles. The van der Waals surface area contributed by atoms with Gasteiger partial charge in [-0.1, -0.05) is 11.8 Å². The minimum atomic E-state index is -6.18. The maximum Gasteiger partial charge on any atom is 0.429 e. The molecule has 0 aromatic heterocycles. The van der Waals surface area contributed by atoms with Gasteiger partial charge in [0.15, 0.2) is 5.17 Å². The first-order valence-corrected chi connectivity index (χ1v) is 7.39. The summed E-state index contributed by atoms with van der Waals surface area (Å²) in [5.41, 5.74) is -6.76. The van der Waals surface area contributed by atoms with Crippen molar-refractivity contribution in [3.63, 3.8) is 0 Å². The van der Waals surface area contributed by atoms with Crippen LogP contribution in [0, 0.1) is 0 Å². The lowest BCUT2D eigenvalue weighted by atomic mass is 9.85. The lowest BCUT2D eigenvalue weighted by Gasteiger charge is -2.46. The summed E-state index contributed by atoms with van der Waals surface area (Å²) in [6.07, 6.45) is -20.2. The van der Waals surface area contributed by atoms with Gasteiger partial charge in [-0.25, -0.2) is 0 Å². The third-order valence-electron chi connectivity index (χ3n) is 3.71. The van der Waals surface area contributed by atoms with Crippen molar-refractivity contribution < 1.29 is 46.4 Å². The Morgan fingerprint density at radius 2 is 1.54 bits per heavy atom. The van der Waals surface area contributed by atoms with E-state index in [0.29, 0.717) is 11.8 Å². The highest BCUT2D eigenvalue weighted by Gasteiger charge is 2.77. The van der Waals surface area contributed by atoms with Gasteiger partial charge in [-0.15, -0.1) is 0 Å². The Bertz CT molecular complexity index is 512. The third kappa shape index (κ3) is 2.85. The predicted molar refractivity (Wildman–Crippen MR) is 70.2 cm³/mol. The van der Waals surface area contributed by atoms with Crippen LogP contribution in [-0.4, -0.2) is 87.2 Å². The number of thioether (sulfide) groups is 1. The first-order chi connectivity index (χ1) is 10.7. The lowest BCUT2D eigenvalue weighted by molar-refractivity contribution is -0.409.